The van der Waals surface area contributed by atoms with Crippen molar-refractivity contribution in [1.82, 2.24) is 0 Å². The molecule has 110 valence electrons. The molecule has 0 radical (unpaired) electrons. The topological polar surface area (TPSA) is 30.5 Å². The Kier molecular flexibility index (Phi) is 3.50. The fourth-order valence-corrected chi connectivity index (χ4v) is 2.72. The van der Waals surface area contributed by atoms with Crippen LogP contribution in [-0.2, 0) is 13.0 Å². The molecule has 0 amide bonds. The van der Waals surface area contributed by atoms with Gasteiger partial charge >= 0.3 is 0 Å². The number of benzene rings is 2. The highest BCUT2D eigenvalue weighted by atomic mass is 16.5. The number of anilines is 1. The van der Waals surface area contributed by atoms with Gasteiger partial charge in [-0.3, -0.25) is 0 Å². The van der Waals surface area contributed by atoms with Crippen LogP contribution in [0.2, 0.25) is 0 Å². The minimum atomic E-state index is -0.0987. The lowest BCUT2D eigenvalue weighted by Gasteiger charge is -2.18. The maximum absolute atomic E-state index is 6.09. The Labute approximate surface area is 125 Å². The molecule has 2 aromatic rings. The van der Waals surface area contributed by atoms with Crippen LogP contribution in [0.3, 0.4) is 0 Å². The van der Waals surface area contributed by atoms with Crippen LogP contribution in [0.15, 0.2) is 42.5 Å². The van der Waals surface area contributed by atoms with Gasteiger partial charge in [-0.25, -0.2) is 0 Å². The maximum Gasteiger partial charge on any atom is 0.128 e. The van der Waals surface area contributed by atoms with Gasteiger partial charge in [-0.15, -0.1) is 0 Å². The van der Waals surface area contributed by atoms with Crippen molar-refractivity contribution in [3.63, 3.8) is 0 Å². The van der Waals surface area contributed by atoms with Gasteiger partial charge < -0.3 is 14.8 Å². The van der Waals surface area contributed by atoms with Crippen LogP contribution in [0.5, 0.6) is 11.5 Å². The van der Waals surface area contributed by atoms with Crippen molar-refractivity contribution in [2.45, 2.75) is 32.4 Å². The van der Waals surface area contributed by atoms with Gasteiger partial charge in [0.25, 0.3) is 0 Å². The number of hydrogen-bond acceptors (Lipinski definition) is 3. The summed E-state index contributed by atoms with van der Waals surface area (Å²) in [4.78, 5) is 0. The fourth-order valence-electron chi connectivity index (χ4n) is 2.72. The van der Waals surface area contributed by atoms with Gasteiger partial charge in [-0.2, -0.15) is 0 Å². The Balaban J connectivity index is 1.73. The molecule has 3 nitrogen and oxygen atoms in total. The maximum atomic E-state index is 6.09. The molecule has 1 aliphatic heterocycles. The van der Waals surface area contributed by atoms with Crippen LogP contribution in [0.25, 0.3) is 0 Å². The Morgan fingerprint density at radius 1 is 1.14 bits per heavy atom. The predicted octanol–water partition coefficient (Wildman–Crippen LogP) is 4.02. The zero-order valence-corrected chi connectivity index (χ0v) is 12.8. The molecule has 2 aromatic carbocycles. The van der Waals surface area contributed by atoms with Gasteiger partial charge in [0, 0.05) is 24.2 Å². The molecule has 1 N–H and O–H groups in total. The summed E-state index contributed by atoms with van der Waals surface area (Å²) in [5.41, 5.74) is 3.48. The molecule has 0 fully saturated rings. The highest BCUT2D eigenvalue weighted by molar-refractivity contribution is 5.50. The lowest BCUT2D eigenvalue weighted by atomic mass is 10.0. The summed E-state index contributed by atoms with van der Waals surface area (Å²) in [6.07, 6.45) is 0.971. The highest BCUT2D eigenvalue weighted by Crippen LogP contribution is 2.37. The van der Waals surface area contributed by atoms with E-state index >= 15 is 0 Å². The van der Waals surface area contributed by atoms with Gasteiger partial charge in [0.15, 0.2) is 0 Å². The van der Waals surface area contributed by atoms with Gasteiger partial charge in [0.2, 0.25) is 0 Å². The smallest absolute Gasteiger partial charge is 0.128 e. The molecule has 3 rings (SSSR count). The van der Waals surface area contributed by atoms with Gasteiger partial charge in [-0.05, 0) is 43.7 Å². The van der Waals surface area contributed by atoms with Crippen LogP contribution < -0.4 is 14.8 Å². The van der Waals surface area contributed by atoms with Gasteiger partial charge in [0.05, 0.1) is 7.11 Å². The number of nitrogens with one attached hydrogen (secondary N) is 1. The summed E-state index contributed by atoms with van der Waals surface area (Å²) in [5.74, 6) is 1.91. The monoisotopic (exact) mass is 283 g/mol. The summed E-state index contributed by atoms with van der Waals surface area (Å²) >= 11 is 0. The molecule has 1 heterocycles. The third-order valence-corrected chi connectivity index (χ3v) is 3.75. The Morgan fingerprint density at radius 2 is 1.90 bits per heavy atom. The van der Waals surface area contributed by atoms with Crippen molar-refractivity contribution in [2.75, 3.05) is 12.4 Å². The van der Waals surface area contributed by atoms with Crippen molar-refractivity contribution in [3.8, 4) is 11.5 Å². The van der Waals surface area contributed by atoms with E-state index in [1.807, 2.05) is 24.3 Å². The second kappa shape index (κ2) is 5.32. The van der Waals surface area contributed by atoms with Gasteiger partial charge in [0.1, 0.15) is 17.1 Å². The van der Waals surface area contributed by atoms with E-state index in [9.17, 15) is 0 Å². The second-order valence-corrected chi connectivity index (χ2v) is 6.03. The van der Waals surface area contributed by atoms with Crippen LogP contribution in [-0.4, -0.2) is 12.7 Å². The van der Waals surface area contributed by atoms with Crippen molar-refractivity contribution >= 4 is 5.69 Å². The number of methoxy groups -OCH3 is 1. The molecule has 0 saturated heterocycles. The average Bonchev–Trinajstić information content (AvgIpc) is 2.80. The van der Waals surface area contributed by atoms with Crippen molar-refractivity contribution in [3.05, 3.63) is 53.6 Å². The summed E-state index contributed by atoms with van der Waals surface area (Å²) in [5, 5.41) is 3.43. The molecule has 21 heavy (non-hydrogen) atoms. The predicted molar refractivity (Wildman–Crippen MR) is 85.2 cm³/mol. The van der Waals surface area contributed by atoms with Crippen LogP contribution in [0.1, 0.15) is 25.0 Å². The first-order valence-corrected chi connectivity index (χ1v) is 7.25. The SMILES string of the molecule is COc1ccc(NCc2cccc3c2OC(C)(C)C3)cc1. The third kappa shape index (κ3) is 2.97. The molecule has 0 atom stereocenters. The van der Waals surface area contributed by atoms with E-state index in [1.54, 1.807) is 7.11 Å². The minimum Gasteiger partial charge on any atom is -0.497 e. The van der Waals surface area contributed by atoms with E-state index in [0.717, 1.165) is 30.2 Å². The molecule has 0 aliphatic carbocycles. The Morgan fingerprint density at radius 3 is 2.62 bits per heavy atom. The summed E-state index contributed by atoms with van der Waals surface area (Å²) in [6.45, 7) is 5.02. The molecule has 0 saturated carbocycles. The third-order valence-electron chi connectivity index (χ3n) is 3.75. The summed E-state index contributed by atoms with van der Waals surface area (Å²) in [6, 6.07) is 14.3. The van der Waals surface area contributed by atoms with E-state index in [0.29, 0.717) is 0 Å². The molecule has 3 heteroatoms. The van der Waals surface area contributed by atoms with E-state index in [2.05, 4.69) is 37.4 Å². The van der Waals surface area contributed by atoms with Crippen molar-refractivity contribution < 1.29 is 9.47 Å². The molecule has 1 aliphatic rings. The Bertz CT molecular complexity index is 632. The first-order valence-electron chi connectivity index (χ1n) is 7.25. The molecule has 0 aromatic heterocycles. The number of fused-ring (bicyclic) bond motifs is 1. The van der Waals surface area contributed by atoms with E-state index < -0.39 is 0 Å². The normalized spacial score (nSPS) is 15.2. The molecular formula is C18H21NO2. The molecule has 0 bridgehead atoms. The van der Waals surface area contributed by atoms with E-state index in [-0.39, 0.29) is 5.60 Å². The van der Waals surface area contributed by atoms with Crippen LogP contribution in [0.4, 0.5) is 5.69 Å². The highest BCUT2D eigenvalue weighted by Gasteiger charge is 2.31. The second-order valence-electron chi connectivity index (χ2n) is 6.03. The molecular weight excluding hydrogens is 262 g/mol. The van der Waals surface area contributed by atoms with Crippen molar-refractivity contribution in [1.29, 1.82) is 0 Å². The number of para-hydroxylation sites is 1. The number of rotatable bonds is 4. The van der Waals surface area contributed by atoms with Crippen LogP contribution >= 0.6 is 0 Å². The number of ether oxygens (including phenoxy) is 2. The number of hydrogen-bond donors (Lipinski definition) is 1. The summed E-state index contributed by atoms with van der Waals surface area (Å²) < 4.78 is 11.3. The first-order chi connectivity index (χ1) is 10.1. The largest absolute Gasteiger partial charge is 0.497 e. The molecule has 0 spiro atoms. The quantitative estimate of drug-likeness (QED) is 0.919. The zero-order valence-electron chi connectivity index (χ0n) is 12.8. The van der Waals surface area contributed by atoms with Crippen LogP contribution in [0, 0.1) is 0 Å². The first kappa shape index (κ1) is 13.8. The van der Waals surface area contributed by atoms with Crippen molar-refractivity contribution in [2.24, 2.45) is 0 Å². The lowest BCUT2D eigenvalue weighted by molar-refractivity contribution is 0.137. The standard InChI is InChI=1S/C18H21NO2/c1-18(2)11-13-5-4-6-14(17(13)21-18)12-19-15-7-9-16(20-3)10-8-15/h4-10,19H,11-12H2,1-3H3. The zero-order chi connectivity index (χ0) is 14.9. The fraction of sp³-hybridized carbons (Fsp3) is 0.333. The minimum absolute atomic E-state index is 0.0987. The van der Waals surface area contributed by atoms with E-state index in [1.165, 1.54) is 11.1 Å². The molecule has 0 unspecified atom stereocenters. The average molecular weight is 283 g/mol. The Hall–Kier alpha value is -2.16. The van der Waals surface area contributed by atoms with E-state index in [4.69, 9.17) is 9.47 Å². The summed E-state index contributed by atoms with van der Waals surface area (Å²) in [7, 11) is 1.68. The van der Waals surface area contributed by atoms with Gasteiger partial charge in [-0.1, -0.05) is 18.2 Å². The lowest BCUT2D eigenvalue weighted by Crippen LogP contribution is -2.25.